The summed E-state index contributed by atoms with van der Waals surface area (Å²) in [5.41, 5.74) is 3.46. The average molecular weight is 450 g/mol. The molecule has 7 nitrogen and oxygen atoms in total. The van der Waals surface area contributed by atoms with E-state index < -0.39 is 21.9 Å². The van der Waals surface area contributed by atoms with Gasteiger partial charge in [-0.2, -0.15) is 17.6 Å². The van der Waals surface area contributed by atoms with E-state index >= 15 is 0 Å². The third-order valence-corrected chi connectivity index (χ3v) is 8.06. The molecule has 2 amide bonds. The molecular formula is C24H23N3O4S. The maximum atomic E-state index is 13.4. The number of aryl methyl sites for hydroxylation is 2. The summed E-state index contributed by atoms with van der Waals surface area (Å²) in [6.45, 7) is 3.80. The fourth-order valence-corrected chi connectivity index (χ4v) is 6.11. The first kappa shape index (κ1) is 20.6. The van der Waals surface area contributed by atoms with Crippen LogP contribution in [0, 0.1) is 18.8 Å². The van der Waals surface area contributed by atoms with Crippen molar-refractivity contribution in [3.8, 4) is 0 Å². The molecule has 32 heavy (non-hydrogen) atoms. The number of fused-ring (bicyclic) bond motifs is 2. The maximum absolute atomic E-state index is 13.4. The molecule has 2 heterocycles. The monoisotopic (exact) mass is 449 g/mol. The molecular weight excluding hydrogens is 426 g/mol. The van der Waals surface area contributed by atoms with Gasteiger partial charge in [0.2, 0.25) is 11.8 Å². The average Bonchev–Trinajstić information content (AvgIpc) is 3.28. The molecule has 0 N–H and O–H groups in total. The molecule has 0 bridgehead atoms. The van der Waals surface area contributed by atoms with E-state index in [1.165, 1.54) is 4.90 Å². The minimum Gasteiger partial charge on any atom is -0.274 e. The summed E-state index contributed by atoms with van der Waals surface area (Å²) < 4.78 is 27.9. The van der Waals surface area contributed by atoms with Crippen LogP contribution in [0.1, 0.15) is 29.4 Å². The summed E-state index contributed by atoms with van der Waals surface area (Å²) in [5, 5.41) is 4.43. The smallest absolute Gasteiger partial charge is 0.274 e. The molecule has 2 atom stereocenters. The van der Waals surface area contributed by atoms with Crippen LogP contribution in [-0.4, -0.2) is 29.4 Å². The highest BCUT2D eigenvalue weighted by atomic mass is 32.2. The Morgan fingerprint density at radius 3 is 2.19 bits per heavy atom. The van der Waals surface area contributed by atoms with Crippen LogP contribution in [0.5, 0.6) is 0 Å². The standard InChI is InChI=1S/C24H23N3O4S/c1-3-21-20-13-18-19(24(29)26(23(18)28)16-7-5-4-6-8-16)14-22(20)27(25-21)32(30,31)17-11-9-15(2)10-12-17/h4-12,18-19H,3,13-14H2,1-2H3. The predicted molar refractivity (Wildman–Crippen MR) is 119 cm³/mol. The molecule has 5 rings (SSSR count). The van der Waals surface area contributed by atoms with Crippen molar-refractivity contribution in [2.45, 2.75) is 38.0 Å². The number of amides is 2. The van der Waals surface area contributed by atoms with Gasteiger partial charge in [0.05, 0.1) is 33.8 Å². The first-order chi connectivity index (χ1) is 15.3. The Balaban J connectivity index is 1.58. The van der Waals surface area contributed by atoms with Gasteiger partial charge in [-0.1, -0.05) is 42.8 Å². The SMILES string of the molecule is CCc1nn(S(=O)(=O)c2ccc(C)cc2)c2c1CC1C(=O)N(c3ccccc3)C(=O)C1C2. The number of benzene rings is 2. The Hall–Kier alpha value is -3.26. The molecule has 1 aromatic heterocycles. The molecule has 1 aliphatic heterocycles. The number of anilines is 1. The number of aromatic nitrogens is 2. The summed E-state index contributed by atoms with van der Waals surface area (Å²) in [4.78, 5) is 27.8. The van der Waals surface area contributed by atoms with Crippen LogP contribution in [-0.2, 0) is 38.9 Å². The van der Waals surface area contributed by atoms with Gasteiger partial charge in [0, 0.05) is 6.42 Å². The molecule has 0 spiro atoms. The number of para-hydroxylation sites is 1. The summed E-state index contributed by atoms with van der Waals surface area (Å²) in [5.74, 6) is -1.60. The largest absolute Gasteiger partial charge is 0.283 e. The number of nitrogens with zero attached hydrogens (tertiary/aromatic N) is 3. The van der Waals surface area contributed by atoms with Crippen molar-refractivity contribution in [3.05, 3.63) is 77.1 Å². The molecule has 1 fully saturated rings. The number of rotatable bonds is 4. The van der Waals surface area contributed by atoms with Crippen molar-refractivity contribution in [2.75, 3.05) is 4.90 Å². The molecule has 8 heteroatoms. The Labute approximate surface area is 186 Å². The number of carbonyl (C=O) groups is 2. The highest BCUT2D eigenvalue weighted by molar-refractivity contribution is 7.89. The third-order valence-electron chi connectivity index (χ3n) is 6.43. The van der Waals surface area contributed by atoms with Crippen molar-refractivity contribution >= 4 is 27.5 Å². The molecule has 3 aromatic rings. The van der Waals surface area contributed by atoms with Crippen LogP contribution in [0.25, 0.3) is 0 Å². The molecule has 2 aromatic carbocycles. The van der Waals surface area contributed by atoms with Gasteiger partial charge < -0.3 is 0 Å². The zero-order valence-electron chi connectivity index (χ0n) is 17.9. The fourth-order valence-electron chi connectivity index (χ4n) is 4.75. The van der Waals surface area contributed by atoms with Crippen molar-refractivity contribution in [1.82, 2.24) is 9.19 Å². The molecule has 1 saturated heterocycles. The van der Waals surface area contributed by atoms with Gasteiger partial charge in [-0.3, -0.25) is 14.5 Å². The lowest BCUT2D eigenvalue weighted by molar-refractivity contribution is -0.122. The highest BCUT2D eigenvalue weighted by Gasteiger charge is 2.52. The van der Waals surface area contributed by atoms with E-state index in [0.29, 0.717) is 29.9 Å². The van der Waals surface area contributed by atoms with Gasteiger partial charge in [0.15, 0.2) is 0 Å². The zero-order chi connectivity index (χ0) is 22.6. The number of hydrogen-bond donors (Lipinski definition) is 0. The molecule has 164 valence electrons. The molecule has 0 saturated carbocycles. The van der Waals surface area contributed by atoms with E-state index in [1.807, 2.05) is 19.9 Å². The Morgan fingerprint density at radius 2 is 1.56 bits per heavy atom. The second-order valence-electron chi connectivity index (χ2n) is 8.36. The quantitative estimate of drug-likeness (QED) is 0.572. The van der Waals surface area contributed by atoms with Crippen molar-refractivity contribution in [2.24, 2.45) is 11.8 Å². The van der Waals surface area contributed by atoms with E-state index in [2.05, 4.69) is 5.10 Å². The molecule has 0 radical (unpaired) electrons. The second kappa shape index (κ2) is 7.41. The molecule has 2 aliphatic rings. The predicted octanol–water partition coefficient (Wildman–Crippen LogP) is 2.90. The summed E-state index contributed by atoms with van der Waals surface area (Å²) >= 11 is 0. The maximum Gasteiger partial charge on any atom is 0.283 e. The van der Waals surface area contributed by atoms with Crippen molar-refractivity contribution in [3.63, 3.8) is 0 Å². The number of hydrogen-bond acceptors (Lipinski definition) is 5. The third kappa shape index (κ3) is 3.01. The Morgan fingerprint density at radius 1 is 0.938 bits per heavy atom. The molecule has 1 aliphatic carbocycles. The van der Waals surface area contributed by atoms with Gasteiger partial charge in [-0.05, 0) is 49.6 Å². The van der Waals surface area contributed by atoms with E-state index in [4.69, 9.17) is 0 Å². The van der Waals surface area contributed by atoms with Crippen LogP contribution >= 0.6 is 0 Å². The van der Waals surface area contributed by atoms with Crippen LogP contribution in [0.2, 0.25) is 0 Å². The number of carbonyl (C=O) groups excluding carboxylic acids is 2. The first-order valence-electron chi connectivity index (χ1n) is 10.7. The first-order valence-corrected chi connectivity index (χ1v) is 12.1. The lowest BCUT2D eigenvalue weighted by atomic mass is 9.79. The molecule has 2 unspecified atom stereocenters. The Bertz CT molecular complexity index is 1330. The lowest BCUT2D eigenvalue weighted by Gasteiger charge is -2.22. The summed E-state index contributed by atoms with van der Waals surface area (Å²) in [6, 6.07) is 15.5. The van der Waals surface area contributed by atoms with Gasteiger partial charge in [0.1, 0.15) is 0 Å². The minimum atomic E-state index is -3.92. The van der Waals surface area contributed by atoms with Crippen LogP contribution in [0.3, 0.4) is 0 Å². The second-order valence-corrected chi connectivity index (χ2v) is 10.1. The van der Waals surface area contributed by atoms with Gasteiger partial charge >= 0.3 is 0 Å². The van der Waals surface area contributed by atoms with E-state index in [9.17, 15) is 18.0 Å². The van der Waals surface area contributed by atoms with Crippen molar-refractivity contribution < 1.29 is 18.0 Å². The summed E-state index contributed by atoms with van der Waals surface area (Å²) in [7, 11) is -3.92. The van der Waals surface area contributed by atoms with Gasteiger partial charge in [0.25, 0.3) is 10.0 Å². The zero-order valence-corrected chi connectivity index (χ0v) is 18.7. The van der Waals surface area contributed by atoms with Gasteiger partial charge in [-0.25, -0.2) is 0 Å². The lowest BCUT2D eigenvalue weighted by Crippen LogP contribution is -2.31. The van der Waals surface area contributed by atoms with E-state index in [1.54, 1.807) is 48.5 Å². The fraction of sp³-hybridized carbons (Fsp3) is 0.292. The highest BCUT2D eigenvalue weighted by Crippen LogP contribution is 2.41. The normalized spacial score (nSPS) is 20.4. The topological polar surface area (TPSA) is 89.3 Å². The number of imide groups is 1. The van der Waals surface area contributed by atoms with Crippen LogP contribution < -0.4 is 4.90 Å². The van der Waals surface area contributed by atoms with Gasteiger partial charge in [-0.15, -0.1) is 0 Å². The van der Waals surface area contributed by atoms with Crippen LogP contribution in [0.15, 0.2) is 59.5 Å². The Kier molecular flexibility index (Phi) is 4.78. The minimum absolute atomic E-state index is 0.151. The van der Waals surface area contributed by atoms with Crippen molar-refractivity contribution in [1.29, 1.82) is 0 Å². The van der Waals surface area contributed by atoms with Crippen LogP contribution in [0.4, 0.5) is 5.69 Å². The van der Waals surface area contributed by atoms with E-state index in [-0.39, 0.29) is 23.1 Å². The summed E-state index contributed by atoms with van der Waals surface area (Å²) in [6.07, 6.45) is 1.03. The van der Waals surface area contributed by atoms with E-state index in [0.717, 1.165) is 15.2 Å².